The normalized spacial score (nSPS) is 12.3. The van der Waals surface area contributed by atoms with Crippen LogP contribution in [0.3, 0.4) is 0 Å². The van der Waals surface area contributed by atoms with Crippen molar-refractivity contribution in [2.45, 2.75) is 9.96 Å². The third kappa shape index (κ3) is 4.95. The number of aromatic nitrogens is 1. The van der Waals surface area contributed by atoms with E-state index in [0.29, 0.717) is 5.69 Å². The summed E-state index contributed by atoms with van der Waals surface area (Å²) in [4.78, 5) is 26.2. The van der Waals surface area contributed by atoms with Gasteiger partial charge in [-0.15, -0.1) is 0 Å². The van der Waals surface area contributed by atoms with Crippen molar-refractivity contribution >= 4 is 52.1 Å². The summed E-state index contributed by atoms with van der Waals surface area (Å²) in [5.41, 5.74) is 0.504. The van der Waals surface area contributed by atoms with Crippen LogP contribution in [0.2, 0.25) is 0 Å². The minimum Gasteiger partial charge on any atom is -0.362 e. The number of non-ortho nitro benzene ring substituents is 1. The Labute approximate surface area is 152 Å². The first-order valence-corrected chi connectivity index (χ1v) is 7.70. The number of carbonyl (C=O) groups excluding carboxylic acids is 1. The van der Waals surface area contributed by atoms with Crippen molar-refractivity contribution in [2.24, 2.45) is 0 Å². The number of rotatable bonds is 5. The Balaban J connectivity index is 2.14. The van der Waals surface area contributed by atoms with E-state index in [4.69, 9.17) is 34.8 Å². The van der Waals surface area contributed by atoms with Crippen molar-refractivity contribution in [1.82, 2.24) is 10.3 Å². The lowest BCUT2D eigenvalue weighted by Gasteiger charge is -2.27. The fourth-order valence-electron chi connectivity index (χ4n) is 1.75. The second kappa shape index (κ2) is 7.65. The lowest BCUT2D eigenvalue weighted by molar-refractivity contribution is -0.384. The second-order valence-electron chi connectivity index (χ2n) is 4.61. The van der Waals surface area contributed by atoms with Gasteiger partial charge >= 0.3 is 0 Å². The van der Waals surface area contributed by atoms with Crippen molar-refractivity contribution < 1.29 is 9.72 Å². The highest BCUT2D eigenvalue weighted by Gasteiger charge is 2.34. The van der Waals surface area contributed by atoms with Gasteiger partial charge in [-0.2, -0.15) is 0 Å². The van der Waals surface area contributed by atoms with E-state index in [9.17, 15) is 14.9 Å². The number of amides is 1. The van der Waals surface area contributed by atoms with Gasteiger partial charge in [0.2, 0.25) is 3.79 Å². The van der Waals surface area contributed by atoms with Crippen LogP contribution in [0.25, 0.3) is 0 Å². The fraction of sp³-hybridized carbons (Fsp3) is 0.143. The minimum absolute atomic E-state index is 0.0801. The lowest BCUT2D eigenvalue weighted by Crippen LogP contribution is -2.49. The Morgan fingerprint density at radius 2 is 1.83 bits per heavy atom. The van der Waals surface area contributed by atoms with Gasteiger partial charge < -0.3 is 10.6 Å². The molecule has 7 nitrogen and oxygen atoms in total. The van der Waals surface area contributed by atoms with Crippen LogP contribution in [0, 0.1) is 10.1 Å². The van der Waals surface area contributed by atoms with E-state index >= 15 is 0 Å². The highest BCUT2D eigenvalue weighted by Crippen LogP contribution is 2.31. The monoisotopic (exact) mass is 388 g/mol. The summed E-state index contributed by atoms with van der Waals surface area (Å²) in [5, 5.41) is 16.0. The summed E-state index contributed by atoms with van der Waals surface area (Å²) < 4.78 is -1.87. The number of hydrogen-bond acceptors (Lipinski definition) is 5. The molecule has 1 atom stereocenters. The summed E-state index contributed by atoms with van der Waals surface area (Å²) in [7, 11) is 0. The quantitative estimate of drug-likeness (QED) is 0.353. The molecule has 1 heterocycles. The number of halogens is 3. The van der Waals surface area contributed by atoms with E-state index in [1.54, 1.807) is 12.1 Å². The summed E-state index contributed by atoms with van der Waals surface area (Å²) in [6.07, 6.45) is 0.377. The Morgan fingerprint density at radius 3 is 2.33 bits per heavy atom. The van der Waals surface area contributed by atoms with Gasteiger partial charge in [-0.05, 0) is 24.3 Å². The molecule has 1 aromatic carbocycles. The van der Waals surface area contributed by atoms with E-state index in [-0.39, 0.29) is 11.4 Å². The number of pyridine rings is 1. The number of alkyl halides is 3. The average Bonchev–Trinajstić information content (AvgIpc) is 2.54. The SMILES string of the molecule is O=C(NC(Nc1ccc([N+](=O)[O-])cc1)C(Cl)(Cl)Cl)c1ccccn1. The number of nitrogens with zero attached hydrogens (tertiary/aromatic N) is 2. The van der Waals surface area contributed by atoms with Crippen molar-refractivity contribution in [3.8, 4) is 0 Å². The zero-order valence-electron chi connectivity index (χ0n) is 11.9. The average molecular weight is 390 g/mol. The molecule has 2 N–H and O–H groups in total. The van der Waals surface area contributed by atoms with Gasteiger partial charge in [-0.25, -0.2) is 0 Å². The highest BCUT2D eigenvalue weighted by molar-refractivity contribution is 6.68. The molecule has 0 bridgehead atoms. The highest BCUT2D eigenvalue weighted by atomic mass is 35.6. The molecule has 0 saturated carbocycles. The zero-order chi connectivity index (χ0) is 17.7. The standard InChI is InChI=1S/C14H11Cl3N4O3/c15-14(16,17)13(20-12(22)11-3-1-2-8-18-11)19-9-4-6-10(7-5-9)21(23)24/h1-8,13,19H,(H,20,22). The molecule has 10 heteroatoms. The van der Waals surface area contributed by atoms with Crippen molar-refractivity contribution in [3.05, 3.63) is 64.5 Å². The molecule has 0 spiro atoms. The predicted octanol–water partition coefficient (Wildman–Crippen LogP) is 3.53. The molecule has 0 fully saturated rings. The summed E-state index contributed by atoms with van der Waals surface area (Å²) in [6.45, 7) is 0. The first-order chi connectivity index (χ1) is 11.3. The molecule has 0 aliphatic carbocycles. The van der Waals surface area contributed by atoms with Gasteiger partial charge in [0.25, 0.3) is 11.6 Å². The van der Waals surface area contributed by atoms with Crippen LogP contribution in [0.4, 0.5) is 11.4 Å². The molecular weight excluding hydrogens is 379 g/mol. The van der Waals surface area contributed by atoms with E-state index in [0.717, 1.165) is 0 Å². The van der Waals surface area contributed by atoms with E-state index in [2.05, 4.69) is 15.6 Å². The van der Waals surface area contributed by atoms with Gasteiger partial charge in [-0.3, -0.25) is 19.9 Å². The van der Waals surface area contributed by atoms with Crippen LogP contribution < -0.4 is 10.6 Å². The number of nitro groups is 1. The smallest absolute Gasteiger partial charge is 0.271 e. The molecular formula is C14H11Cl3N4O3. The number of nitrogens with one attached hydrogen (secondary N) is 2. The van der Waals surface area contributed by atoms with Gasteiger partial charge in [0.05, 0.1) is 4.92 Å². The molecule has 0 aliphatic rings. The Morgan fingerprint density at radius 1 is 1.17 bits per heavy atom. The summed E-state index contributed by atoms with van der Waals surface area (Å²) in [5.74, 6) is -0.540. The fourth-order valence-corrected chi connectivity index (χ4v) is 2.08. The van der Waals surface area contributed by atoms with Crippen LogP contribution >= 0.6 is 34.8 Å². The van der Waals surface area contributed by atoms with Crippen LogP contribution in [-0.4, -0.2) is 25.8 Å². The Bertz CT molecular complexity index is 720. The molecule has 0 radical (unpaired) electrons. The third-order valence-electron chi connectivity index (χ3n) is 2.89. The van der Waals surface area contributed by atoms with E-state index in [1.807, 2.05) is 0 Å². The molecule has 126 valence electrons. The zero-order valence-corrected chi connectivity index (χ0v) is 14.2. The van der Waals surface area contributed by atoms with E-state index in [1.165, 1.54) is 36.5 Å². The number of anilines is 1. The van der Waals surface area contributed by atoms with Gasteiger partial charge in [0, 0.05) is 24.0 Å². The summed E-state index contributed by atoms with van der Waals surface area (Å²) >= 11 is 17.7. The van der Waals surface area contributed by atoms with Gasteiger partial charge in [0.1, 0.15) is 11.9 Å². The molecule has 2 aromatic rings. The maximum absolute atomic E-state index is 12.2. The molecule has 1 unspecified atom stereocenters. The molecule has 0 aliphatic heterocycles. The molecule has 24 heavy (non-hydrogen) atoms. The topological polar surface area (TPSA) is 97.2 Å². The summed E-state index contributed by atoms with van der Waals surface area (Å²) in [6, 6.07) is 10.3. The number of benzene rings is 1. The van der Waals surface area contributed by atoms with Crippen LogP contribution in [0.5, 0.6) is 0 Å². The Hall–Kier alpha value is -2.09. The van der Waals surface area contributed by atoms with Crippen LogP contribution in [0.1, 0.15) is 10.5 Å². The van der Waals surface area contributed by atoms with Crippen molar-refractivity contribution in [1.29, 1.82) is 0 Å². The molecule has 1 aromatic heterocycles. The minimum atomic E-state index is -1.87. The Kier molecular flexibility index (Phi) is 5.82. The molecule has 1 amide bonds. The maximum atomic E-state index is 12.2. The maximum Gasteiger partial charge on any atom is 0.271 e. The predicted molar refractivity (Wildman–Crippen MR) is 92.5 cm³/mol. The molecule has 0 saturated heterocycles. The van der Waals surface area contributed by atoms with Crippen molar-refractivity contribution in [2.75, 3.05) is 5.32 Å². The first kappa shape index (κ1) is 18.3. The third-order valence-corrected chi connectivity index (χ3v) is 3.54. The van der Waals surface area contributed by atoms with Crippen LogP contribution in [-0.2, 0) is 0 Å². The number of nitro benzene ring substituents is 1. The molecule has 2 rings (SSSR count). The largest absolute Gasteiger partial charge is 0.362 e. The van der Waals surface area contributed by atoms with Crippen molar-refractivity contribution in [3.63, 3.8) is 0 Å². The number of hydrogen-bond donors (Lipinski definition) is 2. The van der Waals surface area contributed by atoms with Crippen LogP contribution in [0.15, 0.2) is 48.7 Å². The lowest BCUT2D eigenvalue weighted by atomic mass is 10.2. The second-order valence-corrected chi connectivity index (χ2v) is 6.98. The number of carbonyl (C=O) groups is 1. The first-order valence-electron chi connectivity index (χ1n) is 6.57. The van der Waals surface area contributed by atoms with E-state index < -0.39 is 20.8 Å². The van der Waals surface area contributed by atoms with Gasteiger partial charge in [-0.1, -0.05) is 40.9 Å². The van der Waals surface area contributed by atoms with Gasteiger partial charge in [0.15, 0.2) is 0 Å².